The lowest BCUT2D eigenvalue weighted by Gasteiger charge is -2.20. The minimum absolute atomic E-state index is 0.0917. The van der Waals surface area contributed by atoms with Gasteiger partial charge in [0.05, 0.1) is 5.69 Å². The number of hydrogen-bond acceptors (Lipinski definition) is 4. The molecule has 0 aromatic carbocycles. The second-order valence-electron chi connectivity index (χ2n) is 5.54. The van der Waals surface area contributed by atoms with Gasteiger partial charge in [-0.05, 0) is 30.9 Å². The minimum atomic E-state index is 0.0917. The van der Waals surface area contributed by atoms with Crippen molar-refractivity contribution in [1.82, 2.24) is 9.97 Å². The second-order valence-corrected chi connectivity index (χ2v) is 6.39. The zero-order chi connectivity index (χ0) is 14.5. The van der Waals surface area contributed by atoms with Crippen molar-refractivity contribution < 1.29 is 4.79 Å². The topological polar surface area (TPSA) is 54.9 Å². The van der Waals surface area contributed by atoms with E-state index in [4.69, 9.17) is 0 Å². The van der Waals surface area contributed by atoms with Gasteiger partial charge in [-0.25, -0.2) is 4.98 Å². The molecule has 1 aliphatic carbocycles. The highest BCUT2D eigenvalue weighted by atomic mass is 32.1. The maximum absolute atomic E-state index is 12.1. The van der Waals surface area contributed by atoms with Gasteiger partial charge < -0.3 is 5.32 Å². The largest absolute Gasteiger partial charge is 0.302 e. The Balaban J connectivity index is 1.58. The fourth-order valence-corrected chi connectivity index (χ4v) is 3.54. The maximum Gasteiger partial charge on any atom is 0.226 e. The smallest absolute Gasteiger partial charge is 0.226 e. The van der Waals surface area contributed by atoms with Crippen LogP contribution < -0.4 is 5.32 Å². The summed E-state index contributed by atoms with van der Waals surface area (Å²) in [4.78, 5) is 20.6. The molecule has 1 fully saturated rings. The van der Waals surface area contributed by atoms with Gasteiger partial charge in [0.25, 0.3) is 0 Å². The SMILES string of the molecule is O=C(CC1CCCCC1)Nc1nc(-c2cccnc2)cs1. The van der Waals surface area contributed by atoms with Crippen LogP contribution in [0.5, 0.6) is 0 Å². The van der Waals surface area contributed by atoms with Crippen molar-refractivity contribution in [1.29, 1.82) is 0 Å². The summed E-state index contributed by atoms with van der Waals surface area (Å²) in [6.45, 7) is 0. The minimum Gasteiger partial charge on any atom is -0.302 e. The highest BCUT2D eigenvalue weighted by Gasteiger charge is 2.17. The lowest BCUT2D eigenvalue weighted by atomic mass is 9.87. The first kappa shape index (κ1) is 14.2. The van der Waals surface area contributed by atoms with Gasteiger partial charge in [-0.1, -0.05) is 19.3 Å². The Kier molecular flexibility index (Phi) is 4.60. The first-order valence-electron chi connectivity index (χ1n) is 7.47. The van der Waals surface area contributed by atoms with Crippen LogP contribution in [0.2, 0.25) is 0 Å². The number of aromatic nitrogens is 2. The summed E-state index contributed by atoms with van der Waals surface area (Å²) in [5.74, 6) is 0.644. The average molecular weight is 301 g/mol. The van der Waals surface area contributed by atoms with E-state index >= 15 is 0 Å². The van der Waals surface area contributed by atoms with Gasteiger partial charge in [0.1, 0.15) is 0 Å². The summed E-state index contributed by atoms with van der Waals surface area (Å²) in [6.07, 6.45) is 10.4. The van der Waals surface area contributed by atoms with Gasteiger partial charge >= 0.3 is 0 Å². The zero-order valence-electron chi connectivity index (χ0n) is 11.9. The highest BCUT2D eigenvalue weighted by Crippen LogP contribution is 2.28. The monoisotopic (exact) mass is 301 g/mol. The quantitative estimate of drug-likeness (QED) is 0.924. The van der Waals surface area contributed by atoms with E-state index in [1.807, 2.05) is 17.5 Å². The van der Waals surface area contributed by atoms with E-state index in [0.29, 0.717) is 17.5 Å². The molecule has 1 aliphatic rings. The molecule has 1 saturated carbocycles. The van der Waals surface area contributed by atoms with Gasteiger partial charge in [0, 0.05) is 29.8 Å². The first-order chi connectivity index (χ1) is 10.3. The molecule has 0 bridgehead atoms. The molecule has 0 saturated heterocycles. The Morgan fingerprint density at radius 3 is 2.95 bits per heavy atom. The first-order valence-corrected chi connectivity index (χ1v) is 8.35. The van der Waals surface area contributed by atoms with Crippen LogP contribution in [0.1, 0.15) is 38.5 Å². The van der Waals surface area contributed by atoms with Crippen molar-refractivity contribution in [2.45, 2.75) is 38.5 Å². The Hall–Kier alpha value is -1.75. The summed E-state index contributed by atoms with van der Waals surface area (Å²) in [7, 11) is 0. The van der Waals surface area contributed by atoms with Crippen LogP contribution in [0.3, 0.4) is 0 Å². The molecular weight excluding hydrogens is 282 g/mol. The van der Waals surface area contributed by atoms with Gasteiger partial charge in [0.15, 0.2) is 5.13 Å². The Bertz CT molecular complexity index is 591. The number of carbonyl (C=O) groups excluding carboxylic acids is 1. The molecule has 4 nitrogen and oxygen atoms in total. The van der Waals surface area contributed by atoms with E-state index in [-0.39, 0.29) is 5.91 Å². The van der Waals surface area contributed by atoms with Gasteiger partial charge in [0.2, 0.25) is 5.91 Å². The van der Waals surface area contributed by atoms with Crippen molar-refractivity contribution in [2.24, 2.45) is 5.92 Å². The van der Waals surface area contributed by atoms with Crippen LogP contribution in [0.15, 0.2) is 29.9 Å². The van der Waals surface area contributed by atoms with Crippen LogP contribution in [-0.2, 0) is 4.79 Å². The van der Waals surface area contributed by atoms with E-state index in [1.165, 1.54) is 43.4 Å². The van der Waals surface area contributed by atoms with E-state index in [0.717, 1.165) is 11.3 Å². The van der Waals surface area contributed by atoms with E-state index < -0.39 is 0 Å². The second kappa shape index (κ2) is 6.80. The molecule has 0 aliphatic heterocycles. The molecule has 0 atom stereocenters. The van der Waals surface area contributed by atoms with Crippen LogP contribution in [0.4, 0.5) is 5.13 Å². The van der Waals surface area contributed by atoms with Crippen molar-refractivity contribution >= 4 is 22.4 Å². The van der Waals surface area contributed by atoms with Crippen LogP contribution in [-0.4, -0.2) is 15.9 Å². The number of anilines is 1. The van der Waals surface area contributed by atoms with Crippen molar-refractivity contribution in [3.63, 3.8) is 0 Å². The van der Waals surface area contributed by atoms with E-state index in [9.17, 15) is 4.79 Å². The van der Waals surface area contributed by atoms with Crippen LogP contribution in [0.25, 0.3) is 11.3 Å². The molecule has 2 aromatic heterocycles. The fourth-order valence-electron chi connectivity index (χ4n) is 2.80. The number of rotatable bonds is 4. The van der Waals surface area contributed by atoms with Gasteiger partial charge in [-0.3, -0.25) is 9.78 Å². The number of nitrogens with one attached hydrogen (secondary N) is 1. The summed E-state index contributed by atoms with van der Waals surface area (Å²) in [5.41, 5.74) is 1.84. The Morgan fingerprint density at radius 2 is 2.19 bits per heavy atom. The molecule has 2 heterocycles. The molecule has 5 heteroatoms. The maximum atomic E-state index is 12.1. The van der Waals surface area contributed by atoms with Crippen LogP contribution >= 0.6 is 11.3 Å². The van der Waals surface area contributed by atoms with Crippen molar-refractivity contribution in [3.8, 4) is 11.3 Å². The standard InChI is InChI=1S/C16H19N3OS/c20-15(9-12-5-2-1-3-6-12)19-16-18-14(11-21-16)13-7-4-8-17-10-13/h4,7-8,10-12H,1-3,5-6,9H2,(H,18,19,20). The molecule has 110 valence electrons. The normalized spacial score (nSPS) is 15.8. The summed E-state index contributed by atoms with van der Waals surface area (Å²) in [5, 5.41) is 5.55. The number of thiazole rings is 1. The third kappa shape index (κ3) is 3.88. The molecule has 0 unspecified atom stereocenters. The van der Waals surface area contributed by atoms with Crippen LogP contribution in [0, 0.1) is 5.92 Å². The molecule has 21 heavy (non-hydrogen) atoms. The Morgan fingerprint density at radius 1 is 1.33 bits per heavy atom. The number of hydrogen-bond donors (Lipinski definition) is 1. The molecule has 2 aromatic rings. The van der Waals surface area contributed by atoms with Gasteiger partial charge in [-0.2, -0.15) is 0 Å². The summed E-state index contributed by atoms with van der Waals surface area (Å²) in [6, 6.07) is 3.85. The molecular formula is C16H19N3OS. The Labute approximate surface area is 128 Å². The van der Waals surface area contributed by atoms with E-state index in [2.05, 4.69) is 15.3 Å². The number of carbonyl (C=O) groups is 1. The van der Waals surface area contributed by atoms with Crippen molar-refractivity contribution in [3.05, 3.63) is 29.9 Å². The number of amides is 1. The third-order valence-electron chi connectivity index (χ3n) is 3.91. The predicted octanol–water partition coefficient (Wildman–Crippen LogP) is 4.11. The molecule has 0 spiro atoms. The predicted molar refractivity (Wildman–Crippen MR) is 85.2 cm³/mol. The third-order valence-corrected chi connectivity index (χ3v) is 4.66. The fraction of sp³-hybridized carbons (Fsp3) is 0.438. The summed E-state index contributed by atoms with van der Waals surface area (Å²) >= 11 is 1.46. The average Bonchev–Trinajstić information content (AvgIpc) is 2.97. The number of pyridine rings is 1. The molecule has 1 amide bonds. The highest BCUT2D eigenvalue weighted by molar-refractivity contribution is 7.14. The lowest BCUT2D eigenvalue weighted by molar-refractivity contribution is -0.117. The summed E-state index contributed by atoms with van der Waals surface area (Å²) < 4.78 is 0. The van der Waals surface area contributed by atoms with Gasteiger partial charge in [-0.15, -0.1) is 11.3 Å². The lowest BCUT2D eigenvalue weighted by Crippen LogP contribution is -2.18. The molecule has 1 N–H and O–H groups in total. The van der Waals surface area contributed by atoms with E-state index in [1.54, 1.807) is 12.4 Å². The molecule has 3 rings (SSSR count). The number of nitrogens with zero attached hydrogens (tertiary/aromatic N) is 2. The zero-order valence-corrected chi connectivity index (χ0v) is 12.7. The van der Waals surface area contributed by atoms with Crippen molar-refractivity contribution in [2.75, 3.05) is 5.32 Å². The molecule has 0 radical (unpaired) electrons.